The zero-order chi connectivity index (χ0) is 13.3. The molecule has 1 aromatic rings. The molecular formula is C12H16N2O3S. The van der Waals surface area contributed by atoms with Crippen molar-refractivity contribution < 1.29 is 14.4 Å². The van der Waals surface area contributed by atoms with Crippen LogP contribution in [0.15, 0.2) is 6.07 Å². The Balaban J connectivity index is 2.10. The fraction of sp³-hybridized carbons (Fsp3) is 0.500. The molecule has 1 heterocycles. The van der Waals surface area contributed by atoms with Crippen molar-refractivity contribution in [2.75, 3.05) is 19.5 Å². The quantitative estimate of drug-likeness (QED) is 0.850. The summed E-state index contributed by atoms with van der Waals surface area (Å²) in [4.78, 5) is 29.0. The number of carbonyl (C=O) groups is 2. The Kier molecular flexibility index (Phi) is 3.68. The molecule has 5 nitrogen and oxygen atoms in total. The van der Waals surface area contributed by atoms with Crippen LogP contribution in [0, 0.1) is 12.8 Å². The minimum Gasteiger partial charge on any atom is -0.317 e. The summed E-state index contributed by atoms with van der Waals surface area (Å²) in [5, 5.41) is 4.74. The molecule has 1 saturated carbocycles. The lowest BCUT2D eigenvalue weighted by Crippen LogP contribution is -2.25. The SMILES string of the molecule is CON(C)C(=O)c1sc(NC(=O)C2CC2)cc1C. The molecule has 0 saturated heterocycles. The molecule has 0 aromatic carbocycles. The number of carbonyl (C=O) groups excluding carboxylic acids is 2. The van der Waals surface area contributed by atoms with Gasteiger partial charge in [-0.3, -0.25) is 14.4 Å². The molecule has 2 rings (SSSR count). The van der Waals surface area contributed by atoms with Crippen LogP contribution in [-0.4, -0.2) is 31.0 Å². The molecule has 0 unspecified atom stereocenters. The van der Waals surface area contributed by atoms with Crippen molar-refractivity contribution in [2.45, 2.75) is 19.8 Å². The first kappa shape index (κ1) is 13.0. The van der Waals surface area contributed by atoms with Crippen LogP contribution >= 0.6 is 11.3 Å². The Hall–Kier alpha value is -1.40. The maximum absolute atomic E-state index is 11.9. The van der Waals surface area contributed by atoms with E-state index in [1.807, 2.05) is 13.0 Å². The largest absolute Gasteiger partial charge is 0.317 e. The highest BCUT2D eigenvalue weighted by Crippen LogP contribution is 2.33. The van der Waals surface area contributed by atoms with Crippen LogP contribution in [0.1, 0.15) is 28.1 Å². The average Bonchev–Trinajstić information content (AvgIpc) is 3.13. The van der Waals surface area contributed by atoms with Gasteiger partial charge in [0.1, 0.15) is 0 Å². The lowest BCUT2D eigenvalue weighted by atomic mass is 10.3. The van der Waals surface area contributed by atoms with Gasteiger partial charge in [0.05, 0.1) is 17.0 Å². The van der Waals surface area contributed by atoms with Gasteiger partial charge in [-0.1, -0.05) is 0 Å². The van der Waals surface area contributed by atoms with Crippen molar-refractivity contribution in [3.63, 3.8) is 0 Å². The molecule has 1 aliphatic carbocycles. The van der Waals surface area contributed by atoms with E-state index in [-0.39, 0.29) is 17.7 Å². The van der Waals surface area contributed by atoms with E-state index >= 15 is 0 Å². The van der Waals surface area contributed by atoms with Gasteiger partial charge in [0.15, 0.2) is 0 Å². The van der Waals surface area contributed by atoms with Crippen molar-refractivity contribution in [1.29, 1.82) is 0 Å². The minimum atomic E-state index is -0.202. The number of anilines is 1. The van der Waals surface area contributed by atoms with Gasteiger partial charge in [-0.05, 0) is 31.4 Å². The molecule has 1 fully saturated rings. The first-order valence-electron chi connectivity index (χ1n) is 5.76. The first-order chi connectivity index (χ1) is 8.52. The smallest absolute Gasteiger partial charge is 0.287 e. The Morgan fingerprint density at radius 2 is 2.17 bits per heavy atom. The maximum Gasteiger partial charge on any atom is 0.287 e. The molecule has 0 atom stereocenters. The molecule has 98 valence electrons. The van der Waals surface area contributed by atoms with Gasteiger partial charge in [-0.15, -0.1) is 11.3 Å². The lowest BCUT2D eigenvalue weighted by molar-refractivity contribution is -0.117. The summed E-state index contributed by atoms with van der Waals surface area (Å²) in [5.41, 5.74) is 0.847. The summed E-state index contributed by atoms with van der Waals surface area (Å²) in [7, 11) is 3.00. The Morgan fingerprint density at radius 1 is 1.50 bits per heavy atom. The number of hydrogen-bond acceptors (Lipinski definition) is 4. The number of thiophene rings is 1. The van der Waals surface area contributed by atoms with Crippen molar-refractivity contribution in [3.8, 4) is 0 Å². The van der Waals surface area contributed by atoms with E-state index in [2.05, 4.69) is 5.32 Å². The molecule has 6 heteroatoms. The molecule has 1 aliphatic rings. The van der Waals surface area contributed by atoms with Gasteiger partial charge in [0, 0.05) is 13.0 Å². The van der Waals surface area contributed by atoms with E-state index in [0.29, 0.717) is 4.88 Å². The van der Waals surface area contributed by atoms with E-state index in [0.717, 1.165) is 23.4 Å². The zero-order valence-electron chi connectivity index (χ0n) is 10.6. The van der Waals surface area contributed by atoms with Gasteiger partial charge in [-0.25, -0.2) is 5.06 Å². The number of hydroxylamine groups is 2. The second kappa shape index (κ2) is 5.07. The summed E-state index contributed by atoms with van der Waals surface area (Å²) < 4.78 is 0. The van der Waals surface area contributed by atoms with Crippen LogP contribution < -0.4 is 5.32 Å². The molecule has 1 aromatic heterocycles. The van der Waals surface area contributed by atoms with Gasteiger partial charge in [0.2, 0.25) is 5.91 Å². The monoisotopic (exact) mass is 268 g/mol. The van der Waals surface area contributed by atoms with Crippen LogP contribution in [0.4, 0.5) is 5.00 Å². The molecule has 0 radical (unpaired) electrons. The zero-order valence-corrected chi connectivity index (χ0v) is 11.5. The highest BCUT2D eigenvalue weighted by Gasteiger charge is 2.30. The normalized spacial score (nSPS) is 14.4. The standard InChI is InChI=1S/C12H16N2O3S/c1-7-6-9(13-11(15)8-4-5-8)18-10(7)12(16)14(2)17-3/h6,8H,4-5H2,1-3H3,(H,13,15). The number of amides is 2. The Morgan fingerprint density at radius 3 is 2.72 bits per heavy atom. The third-order valence-corrected chi connectivity index (χ3v) is 4.01. The highest BCUT2D eigenvalue weighted by atomic mass is 32.1. The Labute approximate surface area is 110 Å². The topological polar surface area (TPSA) is 58.6 Å². The predicted molar refractivity (Wildman–Crippen MR) is 69.5 cm³/mol. The van der Waals surface area contributed by atoms with Crippen LogP contribution in [0.2, 0.25) is 0 Å². The summed E-state index contributed by atoms with van der Waals surface area (Å²) in [6, 6.07) is 1.82. The first-order valence-corrected chi connectivity index (χ1v) is 6.58. The average molecular weight is 268 g/mol. The van der Waals surface area contributed by atoms with Crippen LogP contribution in [0.5, 0.6) is 0 Å². The van der Waals surface area contributed by atoms with Crippen molar-refractivity contribution >= 4 is 28.2 Å². The van der Waals surface area contributed by atoms with E-state index in [9.17, 15) is 9.59 Å². The van der Waals surface area contributed by atoms with Crippen LogP contribution in [0.3, 0.4) is 0 Å². The second-order valence-corrected chi connectivity index (χ2v) is 5.42. The molecule has 0 aliphatic heterocycles. The van der Waals surface area contributed by atoms with Crippen LogP contribution in [-0.2, 0) is 9.63 Å². The highest BCUT2D eigenvalue weighted by molar-refractivity contribution is 7.18. The summed E-state index contributed by atoms with van der Waals surface area (Å²) in [6.07, 6.45) is 1.93. The summed E-state index contributed by atoms with van der Waals surface area (Å²) in [5.74, 6) is 0.00970. The number of nitrogens with zero attached hydrogens (tertiary/aromatic N) is 1. The molecule has 18 heavy (non-hydrogen) atoms. The third kappa shape index (κ3) is 2.70. The van der Waals surface area contributed by atoms with E-state index in [4.69, 9.17) is 4.84 Å². The number of hydrogen-bond donors (Lipinski definition) is 1. The number of aryl methyl sites for hydroxylation is 1. The number of nitrogens with one attached hydrogen (secondary N) is 1. The fourth-order valence-corrected chi connectivity index (χ4v) is 2.59. The third-order valence-electron chi connectivity index (χ3n) is 2.87. The minimum absolute atomic E-state index is 0.0512. The maximum atomic E-state index is 11.9. The van der Waals surface area contributed by atoms with E-state index in [1.54, 1.807) is 7.05 Å². The lowest BCUT2D eigenvalue weighted by Gasteiger charge is -2.12. The summed E-state index contributed by atoms with van der Waals surface area (Å²) in [6.45, 7) is 1.85. The van der Waals surface area contributed by atoms with Crippen molar-refractivity contribution in [2.24, 2.45) is 5.92 Å². The molecule has 2 amide bonds. The van der Waals surface area contributed by atoms with Crippen molar-refractivity contribution in [3.05, 3.63) is 16.5 Å². The van der Waals surface area contributed by atoms with E-state index < -0.39 is 0 Å². The van der Waals surface area contributed by atoms with Crippen LogP contribution in [0.25, 0.3) is 0 Å². The molecule has 0 bridgehead atoms. The fourth-order valence-electron chi connectivity index (χ4n) is 1.55. The predicted octanol–water partition coefficient (Wildman–Crippen LogP) is 2.04. The molecule has 1 N–H and O–H groups in total. The second-order valence-electron chi connectivity index (χ2n) is 4.37. The van der Waals surface area contributed by atoms with E-state index in [1.165, 1.54) is 23.5 Å². The number of rotatable bonds is 4. The van der Waals surface area contributed by atoms with Gasteiger partial charge in [-0.2, -0.15) is 0 Å². The van der Waals surface area contributed by atoms with Gasteiger partial charge in [0.25, 0.3) is 5.91 Å². The van der Waals surface area contributed by atoms with Gasteiger partial charge >= 0.3 is 0 Å². The Bertz CT molecular complexity index is 480. The molecule has 0 spiro atoms. The summed E-state index contributed by atoms with van der Waals surface area (Å²) >= 11 is 1.28. The van der Waals surface area contributed by atoms with Gasteiger partial charge < -0.3 is 5.32 Å². The van der Waals surface area contributed by atoms with Crippen molar-refractivity contribution in [1.82, 2.24) is 5.06 Å². The molecular weight excluding hydrogens is 252 g/mol.